The molecule has 0 saturated carbocycles. The van der Waals surface area contributed by atoms with Crippen LogP contribution < -0.4 is 9.47 Å². The van der Waals surface area contributed by atoms with Gasteiger partial charge in [0.2, 0.25) is 0 Å². The molecular weight excluding hydrogens is 340 g/mol. The van der Waals surface area contributed by atoms with Crippen LogP contribution in [0.4, 0.5) is 0 Å². The molecule has 1 aliphatic rings. The lowest BCUT2D eigenvalue weighted by Gasteiger charge is -2.21. The van der Waals surface area contributed by atoms with Crippen molar-refractivity contribution in [2.45, 2.75) is 12.3 Å². The Hall–Kier alpha value is -1.19. The molecule has 4 heteroatoms. The lowest BCUT2D eigenvalue weighted by molar-refractivity contribution is 0.171. The first-order chi connectivity index (χ1) is 9.65. The van der Waals surface area contributed by atoms with E-state index in [4.69, 9.17) is 21.1 Å². The fraction of sp³-hybridized carbons (Fsp3) is 0.250. The summed E-state index contributed by atoms with van der Waals surface area (Å²) in [5.41, 5.74) is 3.27. The van der Waals surface area contributed by atoms with E-state index in [0.29, 0.717) is 13.2 Å². The van der Waals surface area contributed by atoms with Crippen molar-refractivity contribution in [2.24, 2.45) is 0 Å². The minimum atomic E-state index is -0.221. The van der Waals surface area contributed by atoms with Crippen molar-refractivity contribution in [1.29, 1.82) is 0 Å². The predicted molar refractivity (Wildman–Crippen MR) is 84.0 cm³/mol. The Morgan fingerprint density at radius 1 is 1.05 bits per heavy atom. The third-order valence-corrected chi connectivity index (χ3v) is 4.48. The Labute approximate surface area is 131 Å². The molecule has 0 saturated heterocycles. The number of alkyl halides is 1. The van der Waals surface area contributed by atoms with Crippen molar-refractivity contribution in [3.05, 3.63) is 57.6 Å². The second-order valence-corrected chi connectivity index (χ2v) is 6.08. The smallest absolute Gasteiger partial charge is 0.162 e. The minimum absolute atomic E-state index is 0.221. The summed E-state index contributed by atoms with van der Waals surface area (Å²) in [6.07, 6.45) is 0. The first kappa shape index (κ1) is 13.8. The largest absolute Gasteiger partial charge is 0.486 e. The van der Waals surface area contributed by atoms with Crippen LogP contribution in [0.1, 0.15) is 22.1 Å². The van der Waals surface area contributed by atoms with E-state index in [1.165, 1.54) is 5.56 Å². The lowest BCUT2D eigenvalue weighted by Crippen LogP contribution is -2.15. The SMILES string of the molecule is Cc1ccc(C(Cl)c2cc3c(cc2Br)OCCO3)cc1. The summed E-state index contributed by atoms with van der Waals surface area (Å²) in [6.45, 7) is 3.22. The molecule has 2 aromatic carbocycles. The van der Waals surface area contributed by atoms with Gasteiger partial charge in [-0.25, -0.2) is 0 Å². The van der Waals surface area contributed by atoms with Gasteiger partial charge in [0.15, 0.2) is 11.5 Å². The summed E-state index contributed by atoms with van der Waals surface area (Å²) in [7, 11) is 0. The van der Waals surface area contributed by atoms with Gasteiger partial charge < -0.3 is 9.47 Å². The summed E-state index contributed by atoms with van der Waals surface area (Å²) >= 11 is 10.2. The van der Waals surface area contributed by atoms with Gasteiger partial charge in [-0.2, -0.15) is 0 Å². The first-order valence-electron chi connectivity index (χ1n) is 6.45. The average Bonchev–Trinajstić information content (AvgIpc) is 2.46. The van der Waals surface area contributed by atoms with Crippen LogP contribution in [0.15, 0.2) is 40.9 Å². The number of aryl methyl sites for hydroxylation is 1. The van der Waals surface area contributed by atoms with Crippen LogP contribution in [0.2, 0.25) is 0 Å². The van der Waals surface area contributed by atoms with E-state index in [9.17, 15) is 0 Å². The van der Waals surface area contributed by atoms with Crippen LogP contribution >= 0.6 is 27.5 Å². The quantitative estimate of drug-likeness (QED) is 0.718. The van der Waals surface area contributed by atoms with Gasteiger partial charge in [0.1, 0.15) is 13.2 Å². The maximum absolute atomic E-state index is 6.61. The highest BCUT2D eigenvalue weighted by atomic mass is 79.9. The molecule has 0 aliphatic carbocycles. The lowest BCUT2D eigenvalue weighted by atomic mass is 10.0. The molecule has 0 radical (unpaired) electrons. The first-order valence-corrected chi connectivity index (χ1v) is 7.68. The maximum atomic E-state index is 6.61. The molecule has 20 heavy (non-hydrogen) atoms. The fourth-order valence-electron chi connectivity index (χ4n) is 2.19. The van der Waals surface area contributed by atoms with Gasteiger partial charge in [0.05, 0.1) is 5.38 Å². The molecule has 104 valence electrons. The number of benzene rings is 2. The zero-order valence-corrected chi connectivity index (χ0v) is 13.4. The standard InChI is InChI=1S/C16H14BrClO2/c1-10-2-4-11(5-3-10)16(18)12-8-14-15(9-13(12)17)20-7-6-19-14/h2-5,8-9,16H,6-7H2,1H3. The fourth-order valence-corrected chi connectivity index (χ4v) is 3.20. The molecule has 2 aromatic rings. The number of halogens is 2. The van der Waals surface area contributed by atoms with E-state index >= 15 is 0 Å². The molecule has 0 spiro atoms. The monoisotopic (exact) mass is 352 g/mol. The van der Waals surface area contributed by atoms with E-state index in [0.717, 1.165) is 27.1 Å². The van der Waals surface area contributed by atoms with E-state index in [1.807, 2.05) is 12.1 Å². The highest BCUT2D eigenvalue weighted by Crippen LogP contribution is 2.41. The second kappa shape index (κ2) is 5.66. The molecule has 0 fully saturated rings. The molecule has 1 heterocycles. The van der Waals surface area contributed by atoms with Crippen LogP contribution in [-0.2, 0) is 0 Å². The molecular formula is C16H14BrClO2. The van der Waals surface area contributed by atoms with Crippen molar-refractivity contribution in [3.63, 3.8) is 0 Å². The van der Waals surface area contributed by atoms with Gasteiger partial charge in [-0.15, -0.1) is 11.6 Å². The van der Waals surface area contributed by atoms with Crippen molar-refractivity contribution in [2.75, 3.05) is 13.2 Å². The van der Waals surface area contributed by atoms with Gasteiger partial charge in [0, 0.05) is 4.47 Å². The van der Waals surface area contributed by atoms with Crippen LogP contribution in [0, 0.1) is 6.92 Å². The number of fused-ring (bicyclic) bond motifs is 1. The normalized spacial score (nSPS) is 14.9. The van der Waals surface area contributed by atoms with Gasteiger partial charge in [-0.3, -0.25) is 0 Å². The predicted octanol–water partition coefficient (Wildman–Crippen LogP) is 4.86. The van der Waals surface area contributed by atoms with E-state index in [1.54, 1.807) is 0 Å². The number of rotatable bonds is 2. The summed E-state index contributed by atoms with van der Waals surface area (Å²) in [4.78, 5) is 0. The van der Waals surface area contributed by atoms with Crippen molar-refractivity contribution in [3.8, 4) is 11.5 Å². The van der Waals surface area contributed by atoms with E-state index in [-0.39, 0.29) is 5.38 Å². The Morgan fingerprint density at radius 2 is 1.65 bits per heavy atom. The Bertz CT molecular complexity index is 625. The number of ether oxygens (including phenoxy) is 2. The number of hydrogen-bond donors (Lipinski definition) is 0. The summed E-state index contributed by atoms with van der Waals surface area (Å²) < 4.78 is 12.1. The van der Waals surface area contributed by atoms with Crippen LogP contribution in [0.25, 0.3) is 0 Å². The Kier molecular flexibility index (Phi) is 3.90. The highest BCUT2D eigenvalue weighted by Gasteiger charge is 2.20. The Morgan fingerprint density at radius 3 is 2.30 bits per heavy atom. The van der Waals surface area contributed by atoms with Gasteiger partial charge in [-0.1, -0.05) is 45.8 Å². The molecule has 0 bridgehead atoms. The van der Waals surface area contributed by atoms with Crippen LogP contribution in [0.5, 0.6) is 11.5 Å². The van der Waals surface area contributed by atoms with Crippen molar-refractivity contribution >= 4 is 27.5 Å². The summed E-state index contributed by atoms with van der Waals surface area (Å²) in [5, 5.41) is -0.221. The summed E-state index contributed by atoms with van der Waals surface area (Å²) in [5.74, 6) is 1.52. The maximum Gasteiger partial charge on any atom is 0.162 e. The Balaban J connectivity index is 1.98. The zero-order valence-electron chi connectivity index (χ0n) is 11.0. The minimum Gasteiger partial charge on any atom is -0.486 e. The van der Waals surface area contributed by atoms with Crippen LogP contribution in [0.3, 0.4) is 0 Å². The molecule has 1 aliphatic heterocycles. The molecule has 0 N–H and O–H groups in total. The molecule has 2 nitrogen and oxygen atoms in total. The van der Waals surface area contributed by atoms with Gasteiger partial charge in [0.25, 0.3) is 0 Å². The second-order valence-electron chi connectivity index (χ2n) is 4.79. The van der Waals surface area contributed by atoms with Gasteiger partial charge in [-0.05, 0) is 30.2 Å². The molecule has 1 unspecified atom stereocenters. The van der Waals surface area contributed by atoms with Crippen molar-refractivity contribution < 1.29 is 9.47 Å². The molecule has 1 atom stereocenters. The number of hydrogen-bond acceptors (Lipinski definition) is 2. The molecule has 3 rings (SSSR count). The summed E-state index contributed by atoms with van der Waals surface area (Å²) in [6, 6.07) is 12.1. The highest BCUT2D eigenvalue weighted by molar-refractivity contribution is 9.10. The molecule has 0 amide bonds. The third-order valence-electron chi connectivity index (χ3n) is 3.30. The van der Waals surface area contributed by atoms with Gasteiger partial charge >= 0.3 is 0 Å². The topological polar surface area (TPSA) is 18.5 Å². The van der Waals surface area contributed by atoms with Crippen LogP contribution in [-0.4, -0.2) is 13.2 Å². The van der Waals surface area contributed by atoms with E-state index < -0.39 is 0 Å². The van der Waals surface area contributed by atoms with E-state index in [2.05, 4.69) is 47.1 Å². The third kappa shape index (κ3) is 2.65. The average molecular weight is 354 g/mol. The van der Waals surface area contributed by atoms with Crippen molar-refractivity contribution in [1.82, 2.24) is 0 Å². The zero-order chi connectivity index (χ0) is 14.1. The molecule has 0 aromatic heterocycles.